The van der Waals surface area contributed by atoms with Crippen molar-refractivity contribution in [1.29, 1.82) is 0 Å². The summed E-state index contributed by atoms with van der Waals surface area (Å²) in [5.74, 6) is -0.950. The lowest BCUT2D eigenvalue weighted by molar-refractivity contribution is -0.126. The van der Waals surface area contributed by atoms with Gasteiger partial charge in [0.25, 0.3) is 11.7 Å². The lowest BCUT2D eigenvalue weighted by Gasteiger charge is -2.22. The van der Waals surface area contributed by atoms with Crippen LogP contribution >= 0.6 is 0 Å². The number of aliphatic hydroxyl groups is 1. The standard InChI is InChI=1S/C14H20N2O3/c1-14(19)6-4-9-16(10-7-14)13(18)12(17)11-5-3-8-15(11)2/h3,5,8,19H,4,6-7,9-10H2,1-2H3. The molecule has 5 heteroatoms. The topological polar surface area (TPSA) is 62.5 Å². The molecule has 1 amide bonds. The fourth-order valence-corrected chi connectivity index (χ4v) is 2.42. The van der Waals surface area contributed by atoms with Crippen molar-refractivity contribution in [3.8, 4) is 0 Å². The van der Waals surface area contributed by atoms with Gasteiger partial charge in [-0.25, -0.2) is 0 Å². The zero-order valence-electron chi connectivity index (χ0n) is 11.4. The second kappa shape index (κ2) is 5.17. The first-order valence-corrected chi connectivity index (χ1v) is 6.58. The van der Waals surface area contributed by atoms with Gasteiger partial charge in [0.15, 0.2) is 0 Å². The Balaban J connectivity index is 2.08. The highest BCUT2D eigenvalue weighted by molar-refractivity contribution is 6.42. The van der Waals surface area contributed by atoms with Crippen LogP contribution in [0.25, 0.3) is 0 Å². The van der Waals surface area contributed by atoms with Crippen LogP contribution in [0, 0.1) is 0 Å². The SMILES string of the molecule is Cn1cccc1C(=O)C(=O)N1CCCC(C)(O)CC1. The summed E-state index contributed by atoms with van der Waals surface area (Å²) >= 11 is 0. The highest BCUT2D eigenvalue weighted by atomic mass is 16.3. The van der Waals surface area contributed by atoms with Crippen LogP contribution in [0.2, 0.25) is 0 Å². The summed E-state index contributed by atoms with van der Waals surface area (Å²) in [6, 6.07) is 3.39. The largest absolute Gasteiger partial charge is 0.390 e. The van der Waals surface area contributed by atoms with Crippen molar-refractivity contribution in [3.05, 3.63) is 24.0 Å². The van der Waals surface area contributed by atoms with Crippen molar-refractivity contribution in [3.63, 3.8) is 0 Å². The maximum Gasteiger partial charge on any atom is 0.296 e. The van der Waals surface area contributed by atoms with Crippen molar-refractivity contribution in [2.24, 2.45) is 7.05 Å². The predicted molar refractivity (Wildman–Crippen MR) is 70.8 cm³/mol. The van der Waals surface area contributed by atoms with Gasteiger partial charge in [0.2, 0.25) is 0 Å². The number of amides is 1. The molecule has 2 heterocycles. The zero-order valence-corrected chi connectivity index (χ0v) is 11.4. The third-order valence-electron chi connectivity index (χ3n) is 3.72. The van der Waals surface area contributed by atoms with E-state index < -0.39 is 17.3 Å². The molecule has 1 aliphatic heterocycles. The monoisotopic (exact) mass is 264 g/mol. The number of likely N-dealkylation sites (tertiary alicyclic amines) is 1. The number of Topliss-reactive ketones (excluding diaryl/α,β-unsaturated/α-hetero) is 1. The van der Waals surface area contributed by atoms with Crippen molar-refractivity contribution < 1.29 is 14.7 Å². The molecule has 1 atom stereocenters. The maximum absolute atomic E-state index is 12.2. The van der Waals surface area contributed by atoms with E-state index >= 15 is 0 Å². The molecule has 104 valence electrons. The van der Waals surface area contributed by atoms with Crippen LogP contribution in [0.15, 0.2) is 18.3 Å². The molecular weight excluding hydrogens is 244 g/mol. The molecule has 0 bridgehead atoms. The molecule has 1 saturated heterocycles. The second-order valence-corrected chi connectivity index (χ2v) is 5.48. The third kappa shape index (κ3) is 3.04. The maximum atomic E-state index is 12.2. The summed E-state index contributed by atoms with van der Waals surface area (Å²) < 4.78 is 1.65. The van der Waals surface area contributed by atoms with E-state index in [1.54, 1.807) is 41.8 Å². The molecule has 0 spiro atoms. The normalized spacial score (nSPS) is 24.1. The van der Waals surface area contributed by atoms with Gasteiger partial charge < -0.3 is 14.6 Å². The van der Waals surface area contributed by atoms with E-state index in [0.29, 0.717) is 31.6 Å². The Bertz CT molecular complexity index is 491. The molecule has 1 aliphatic rings. The summed E-state index contributed by atoms with van der Waals surface area (Å²) in [5, 5.41) is 9.99. The molecule has 0 saturated carbocycles. The molecular formula is C14H20N2O3. The molecule has 0 radical (unpaired) electrons. The minimum atomic E-state index is -0.733. The molecule has 0 aromatic carbocycles. The minimum Gasteiger partial charge on any atom is -0.390 e. The van der Waals surface area contributed by atoms with Gasteiger partial charge in [0.1, 0.15) is 0 Å². The van der Waals surface area contributed by atoms with Crippen LogP contribution in [-0.2, 0) is 11.8 Å². The van der Waals surface area contributed by atoms with E-state index in [4.69, 9.17) is 0 Å². The Hall–Kier alpha value is -1.62. The van der Waals surface area contributed by atoms with Gasteiger partial charge in [0, 0.05) is 26.3 Å². The van der Waals surface area contributed by atoms with Gasteiger partial charge in [0.05, 0.1) is 11.3 Å². The molecule has 1 N–H and O–H groups in total. The molecule has 19 heavy (non-hydrogen) atoms. The van der Waals surface area contributed by atoms with E-state index in [-0.39, 0.29) is 0 Å². The Morgan fingerprint density at radius 1 is 1.32 bits per heavy atom. The first kappa shape index (κ1) is 13.8. The molecule has 1 aromatic heterocycles. The third-order valence-corrected chi connectivity index (χ3v) is 3.72. The first-order chi connectivity index (χ1) is 8.91. The average Bonchev–Trinajstić information content (AvgIpc) is 2.69. The van der Waals surface area contributed by atoms with Crippen molar-refractivity contribution in [2.75, 3.05) is 13.1 Å². The van der Waals surface area contributed by atoms with Crippen molar-refractivity contribution >= 4 is 11.7 Å². The summed E-state index contributed by atoms with van der Waals surface area (Å²) in [6.45, 7) is 2.74. The lowest BCUT2D eigenvalue weighted by Crippen LogP contribution is -2.38. The minimum absolute atomic E-state index is 0.404. The van der Waals surface area contributed by atoms with Gasteiger partial charge in [-0.15, -0.1) is 0 Å². The summed E-state index contributed by atoms with van der Waals surface area (Å²) in [5.41, 5.74) is -0.329. The molecule has 5 nitrogen and oxygen atoms in total. The van der Waals surface area contributed by atoms with Crippen LogP contribution in [0.3, 0.4) is 0 Å². The summed E-state index contributed by atoms with van der Waals surface area (Å²) in [6.07, 6.45) is 3.64. The Morgan fingerprint density at radius 3 is 2.68 bits per heavy atom. The predicted octanol–water partition coefficient (Wildman–Crippen LogP) is 0.971. The molecule has 1 aromatic rings. The Morgan fingerprint density at radius 2 is 2.05 bits per heavy atom. The number of hydrogen-bond acceptors (Lipinski definition) is 3. The van der Waals surface area contributed by atoms with Crippen LogP contribution in [0.4, 0.5) is 0 Å². The quantitative estimate of drug-likeness (QED) is 0.639. The number of rotatable bonds is 2. The number of nitrogens with zero attached hydrogens (tertiary/aromatic N) is 2. The smallest absolute Gasteiger partial charge is 0.296 e. The molecule has 1 fully saturated rings. The van der Waals surface area contributed by atoms with E-state index in [1.165, 1.54) is 0 Å². The lowest BCUT2D eigenvalue weighted by atomic mass is 9.98. The highest BCUT2D eigenvalue weighted by Gasteiger charge is 2.30. The van der Waals surface area contributed by atoms with E-state index in [2.05, 4.69) is 0 Å². The molecule has 1 unspecified atom stereocenters. The average molecular weight is 264 g/mol. The zero-order chi connectivity index (χ0) is 14.0. The Labute approximate surface area is 112 Å². The first-order valence-electron chi connectivity index (χ1n) is 6.58. The number of hydrogen-bond donors (Lipinski definition) is 1. The number of aromatic nitrogens is 1. The fourth-order valence-electron chi connectivity index (χ4n) is 2.42. The Kier molecular flexibility index (Phi) is 3.75. The van der Waals surface area contributed by atoms with Gasteiger partial charge in [-0.3, -0.25) is 9.59 Å². The van der Waals surface area contributed by atoms with E-state index in [0.717, 1.165) is 6.42 Å². The van der Waals surface area contributed by atoms with Gasteiger partial charge in [-0.1, -0.05) is 0 Å². The summed E-state index contributed by atoms with van der Waals surface area (Å²) in [4.78, 5) is 25.9. The summed E-state index contributed by atoms with van der Waals surface area (Å²) in [7, 11) is 1.74. The number of ketones is 1. The second-order valence-electron chi connectivity index (χ2n) is 5.48. The van der Waals surface area contributed by atoms with E-state index in [9.17, 15) is 14.7 Å². The fraction of sp³-hybridized carbons (Fsp3) is 0.571. The van der Waals surface area contributed by atoms with Crippen LogP contribution in [0.5, 0.6) is 0 Å². The van der Waals surface area contributed by atoms with Crippen LogP contribution < -0.4 is 0 Å². The highest BCUT2D eigenvalue weighted by Crippen LogP contribution is 2.21. The molecule has 0 aliphatic carbocycles. The van der Waals surface area contributed by atoms with Gasteiger partial charge in [-0.05, 0) is 38.3 Å². The van der Waals surface area contributed by atoms with Crippen LogP contribution in [0.1, 0.15) is 36.7 Å². The number of carbonyl (C=O) groups excluding carboxylic acids is 2. The van der Waals surface area contributed by atoms with Gasteiger partial charge in [-0.2, -0.15) is 0 Å². The molecule has 2 rings (SSSR count). The van der Waals surface area contributed by atoms with E-state index in [1.807, 2.05) is 0 Å². The van der Waals surface area contributed by atoms with Crippen molar-refractivity contribution in [1.82, 2.24) is 9.47 Å². The number of aryl methyl sites for hydroxylation is 1. The number of carbonyl (C=O) groups is 2. The van der Waals surface area contributed by atoms with Gasteiger partial charge >= 0.3 is 0 Å². The van der Waals surface area contributed by atoms with Crippen LogP contribution in [-0.4, -0.2) is 45.0 Å². The van der Waals surface area contributed by atoms with Crippen molar-refractivity contribution in [2.45, 2.75) is 31.8 Å².